The Morgan fingerprint density at radius 2 is 1.78 bits per heavy atom. The summed E-state index contributed by atoms with van der Waals surface area (Å²) in [6.07, 6.45) is 2.89. The van der Waals surface area contributed by atoms with E-state index in [1.165, 1.54) is 28.8 Å². The van der Waals surface area contributed by atoms with Crippen molar-refractivity contribution < 1.29 is 34.2 Å². The maximum absolute atomic E-state index is 13.2. The summed E-state index contributed by atoms with van der Waals surface area (Å²) in [6, 6.07) is 2.26. The lowest BCUT2D eigenvalue weighted by molar-refractivity contribution is -0.143. The van der Waals surface area contributed by atoms with Crippen LogP contribution in [0.4, 0.5) is 0 Å². The molecule has 0 spiro atoms. The molecule has 1 aliphatic heterocycles. The first kappa shape index (κ1) is 29.9. The summed E-state index contributed by atoms with van der Waals surface area (Å²) in [5.74, 6) is -3.01. The van der Waals surface area contributed by atoms with Crippen molar-refractivity contribution in [3.63, 3.8) is 0 Å². The van der Waals surface area contributed by atoms with Gasteiger partial charge >= 0.3 is 5.97 Å². The predicted molar refractivity (Wildman–Crippen MR) is 137 cm³/mol. The molecule has 1 aromatic carbocycles. The van der Waals surface area contributed by atoms with E-state index in [0.29, 0.717) is 25.1 Å². The summed E-state index contributed by atoms with van der Waals surface area (Å²) in [5.41, 5.74) is 12.0. The van der Waals surface area contributed by atoms with Crippen LogP contribution < -0.4 is 22.1 Å². The van der Waals surface area contributed by atoms with E-state index < -0.39 is 53.8 Å². The molecule has 1 aliphatic rings. The molecule has 1 aromatic rings. The second kappa shape index (κ2) is 14.4. The lowest BCUT2D eigenvalue weighted by Gasteiger charge is -2.28. The minimum absolute atomic E-state index is 0.0996. The number of nitrogens with two attached hydrogens (primary N) is 2. The molecule has 4 amide bonds. The molecule has 0 aromatic heterocycles. The zero-order valence-electron chi connectivity index (χ0n) is 20.7. The van der Waals surface area contributed by atoms with E-state index in [4.69, 9.17) is 11.5 Å². The highest BCUT2D eigenvalue weighted by Crippen LogP contribution is 2.20. The van der Waals surface area contributed by atoms with E-state index in [0.717, 1.165) is 5.56 Å². The Morgan fingerprint density at radius 3 is 2.38 bits per heavy atom. The maximum atomic E-state index is 13.2. The van der Waals surface area contributed by atoms with Gasteiger partial charge in [-0.05, 0) is 61.8 Å². The van der Waals surface area contributed by atoms with E-state index in [2.05, 4.69) is 10.6 Å². The Bertz CT molecular complexity index is 975. The van der Waals surface area contributed by atoms with Crippen molar-refractivity contribution in [1.29, 1.82) is 0 Å². The molecular weight excluding hydrogens is 502 g/mol. The van der Waals surface area contributed by atoms with E-state index in [1.807, 2.05) is 6.26 Å². The number of likely N-dealkylation sites (tertiary alicyclic amines) is 1. The highest BCUT2D eigenvalue weighted by atomic mass is 32.2. The number of carboxylic acid groups (broad SMARTS) is 1. The molecule has 13 heteroatoms. The van der Waals surface area contributed by atoms with Crippen LogP contribution in [0.1, 0.15) is 37.7 Å². The number of nitrogens with zero attached hydrogens (tertiary/aromatic N) is 1. The quantitative estimate of drug-likeness (QED) is 0.178. The zero-order chi connectivity index (χ0) is 27.5. The van der Waals surface area contributed by atoms with E-state index >= 15 is 0 Å². The zero-order valence-corrected chi connectivity index (χ0v) is 21.5. The van der Waals surface area contributed by atoms with Gasteiger partial charge in [0.05, 0.1) is 6.04 Å². The van der Waals surface area contributed by atoms with Crippen LogP contribution in [-0.2, 0) is 30.4 Å². The molecule has 0 aliphatic carbocycles. The number of carbonyl (C=O) groups is 5. The smallest absolute Gasteiger partial charge is 0.326 e. The first-order valence-corrected chi connectivity index (χ1v) is 13.4. The molecule has 204 valence electrons. The normalized spacial score (nSPS) is 17.5. The Labute approximate surface area is 219 Å². The number of amides is 4. The summed E-state index contributed by atoms with van der Waals surface area (Å²) >= 11 is 1.45. The Balaban J connectivity index is 2.06. The average molecular weight is 538 g/mol. The molecule has 4 atom stereocenters. The van der Waals surface area contributed by atoms with Crippen molar-refractivity contribution in [3.8, 4) is 5.75 Å². The van der Waals surface area contributed by atoms with Crippen LogP contribution in [0.15, 0.2) is 24.3 Å². The molecule has 1 fully saturated rings. The Morgan fingerprint density at radius 1 is 1.11 bits per heavy atom. The number of phenols is 1. The standard InChI is InChI=1S/C24H35N5O7S/c1-37-12-10-17(21(32)28-18(24(35)36)8-9-20(26)31)27-22(33)19-3-2-11-29(19)23(34)16(25)13-14-4-6-15(30)7-5-14/h4-7,16-19,30H,2-3,8-13,25H2,1H3,(H2,26,31)(H,27,33)(H,28,32)(H,35,36). The summed E-state index contributed by atoms with van der Waals surface area (Å²) in [4.78, 5) is 63.1. The number of aromatic hydroxyl groups is 1. The van der Waals surface area contributed by atoms with E-state index in [-0.39, 0.29) is 31.4 Å². The second-order valence-corrected chi connectivity index (χ2v) is 9.90. The predicted octanol–water partition coefficient (Wildman–Crippen LogP) is -0.674. The van der Waals surface area contributed by atoms with Gasteiger partial charge in [-0.25, -0.2) is 4.79 Å². The van der Waals surface area contributed by atoms with Gasteiger partial charge in [0, 0.05) is 13.0 Å². The third-order valence-electron chi connectivity index (χ3n) is 6.09. The van der Waals surface area contributed by atoms with Crippen molar-refractivity contribution in [2.45, 2.75) is 62.7 Å². The number of carboxylic acids is 1. The lowest BCUT2D eigenvalue weighted by atomic mass is 10.0. The summed E-state index contributed by atoms with van der Waals surface area (Å²) < 4.78 is 0. The summed E-state index contributed by atoms with van der Waals surface area (Å²) in [6.45, 7) is 0.343. The fourth-order valence-electron chi connectivity index (χ4n) is 4.08. The van der Waals surface area contributed by atoms with Crippen LogP contribution >= 0.6 is 11.8 Å². The molecule has 0 saturated carbocycles. The Kier molecular flexibility index (Phi) is 11.7. The number of carbonyl (C=O) groups excluding carboxylic acids is 4. The maximum Gasteiger partial charge on any atom is 0.326 e. The van der Waals surface area contributed by atoms with Gasteiger partial charge in [-0.1, -0.05) is 12.1 Å². The number of phenolic OH excluding ortho intramolecular Hbond substituents is 1. The third kappa shape index (κ3) is 9.25. The molecule has 0 radical (unpaired) electrons. The third-order valence-corrected chi connectivity index (χ3v) is 6.73. The van der Waals surface area contributed by atoms with Gasteiger partial charge in [0.2, 0.25) is 23.6 Å². The van der Waals surface area contributed by atoms with Crippen molar-refractivity contribution >= 4 is 41.4 Å². The largest absolute Gasteiger partial charge is 0.508 e. The van der Waals surface area contributed by atoms with Gasteiger partial charge in [-0.15, -0.1) is 0 Å². The van der Waals surface area contributed by atoms with Gasteiger partial charge in [0.1, 0.15) is 23.9 Å². The molecule has 1 heterocycles. The van der Waals surface area contributed by atoms with Crippen molar-refractivity contribution in [2.24, 2.45) is 11.5 Å². The van der Waals surface area contributed by atoms with Crippen LogP contribution in [0.5, 0.6) is 5.75 Å². The molecule has 1 saturated heterocycles. The molecule has 0 bridgehead atoms. The second-order valence-electron chi connectivity index (χ2n) is 8.91. The number of nitrogens with one attached hydrogen (secondary N) is 2. The van der Waals surface area contributed by atoms with Gasteiger partial charge in [-0.3, -0.25) is 19.2 Å². The number of benzene rings is 1. The highest BCUT2D eigenvalue weighted by molar-refractivity contribution is 7.98. The van der Waals surface area contributed by atoms with Gasteiger partial charge in [0.25, 0.3) is 0 Å². The molecule has 2 rings (SSSR count). The fraction of sp³-hybridized carbons (Fsp3) is 0.542. The van der Waals surface area contributed by atoms with Crippen LogP contribution in [0.25, 0.3) is 0 Å². The number of primary amides is 1. The van der Waals surface area contributed by atoms with Crippen molar-refractivity contribution in [2.75, 3.05) is 18.6 Å². The monoisotopic (exact) mass is 537 g/mol. The van der Waals surface area contributed by atoms with Crippen LogP contribution in [0, 0.1) is 0 Å². The van der Waals surface area contributed by atoms with Crippen LogP contribution in [0.3, 0.4) is 0 Å². The van der Waals surface area contributed by atoms with E-state index in [1.54, 1.807) is 12.1 Å². The topological polar surface area (TPSA) is 205 Å². The first-order valence-electron chi connectivity index (χ1n) is 12.0. The molecular formula is C24H35N5O7S. The lowest BCUT2D eigenvalue weighted by Crippen LogP contribution is -2.57. The van der Waals surface area contributed by atoms with Gasteiger partial charge < -0.3 is 37.2 Å². The number of aliphatic carboxylic acids is 1. The minimum Gasteiger partial charge on any atom is -0.508 e. The van der Waals surface area contributed by atoms with Crippen molar-refractivity contribution in [3.05, 3.63) is 29.8 Å². The molecule has 4 unspecified atom stereocenters. The highest BCUT2D eigenvalue weighted by Gasteiger charge is 2.38. The summed E-state index contributed by atoms with van der Waals surface area (Å²) in [5, 5.41) is 23.9. The van der Waals surface area contributed by atoms with Crippen LogP contribution in [0.2, 0.25) is 0 Å². The number of thioether (sulfide) groups is 1. The number of hydrogen-bond donors (Lipinski definition) is 6. The van der Waals surface area contributed by atoms with Crippen molar-refractivity contribution in [1.82, 2.24) is 15.5 Å². The summed E-state index contributed by atoms with van der Waals surface area (Å²) in [7, 11) is 0. The number of rotatable bonds is 14. The average Bonchev–Trinajstić information content (AvgIpc) is 3.34. The SMILES string of the molecule is CSCCC(NC(=O)C1CCCN1C(=O)C(N)Cc1ccc(O)cc1)C(=O)NC(CCC(N)=O)C(=O)O. The molecule has 37 heavy (non-hydrogen) atoms. The fourth-order valence-corrected chi connectivity index (χ4v) is 4.55. The van der Waals surface area contributed by atoms with E-state index in [9.17, 15) is 34.2 Å². The molecule has 8 N–H and O–H groups in total. The van der Waals surface area contributed by atoms with Crippen LogP contribution in [-0.4, -0.2) is 87.4 Å². The van der Waals surface area contributed by atoms with Gasteiger partial charge in [-0.2, -0.15) is 11.8 Å². The Hall–Kier alpha value is -3.32. The molecule has 12 nitrogen and oxygen atoms in total. The first-order chi connectivity index (χ1) is 17.5. The minimum atomic E-state index is -1.34. The van der Waals surface area contributed by atoms with Gasteiger partial charge in [0.15, 0.2) is 0 Å². The number of hydrogen-bond acceptors (Lipinski definition) is 8.